The minimum Gasteiger partial charge on any atom is -0.465 e. The number of hydrogen-bond acceptors (Lipinski definition) is 6. The molecule has 0 aliphatic carbocycles. The first-order chi connectivity index (χ1) is 19.6. The van der Waals surface area contributed by atoms with Gasteiger partial charge in [0.2, 0.25) is 11.8 Å². The Balaban J connectivity index is 2.08. The third-order valence-electron chi connectivity index (χ3n) is 8.90. The Kier molecular flexibility index (Phi) is 11.5. The zero-order chi connectivity index (χ0) is 31.6. The molecule has 3 aliphatic rings. The number of unbranched alkanes of at least 4 members (excludes halogenated alkanes) is 2. The fourth-order valence-corrected chi connectivity index (χ4v) is 11.4. The number of nitrogens with zero attached hydrogens (tertiary/aromatic N) is 2. The fourth-order valence-electron chi connectivity index (χ4n) is 7.79. The van der Waals surface area contributed by atoms with Gasteiger partial charge in [-0.1, -0.05) is 62.7 Å². The summed E-state index contributed by atoms with van der Waals surface area (Å²) in [6.07, 6.45) is 7.98. The molecule has 3 unspecified atom stereocenters. The fraction of sp³-hybridized carbons (Fsp3) is 0.788. The number of thioether (sulfide) groups is 1. The largest absolute Gasteiger partial charge is 0.465 e. The van der Waals surface area contributed by atoms with E-state index in [1.54, 1.807) is 22.7 Å². The summed E-state index contributed by atoms with van der Waals surface area (Å²) in [6, 6.07) is -1.32. The van der Waals surface area contributed by atoms with Crippen LogP contribution in [-0.4, -0.2) is 84.9 Å². The van der Waals surface area contributed by atoms with E-state index >= 15 is 0 Å². The Bertz CT molecular complexity index is 1030. The maximum atomic E-state index is 15.0. The van der Waals surface area contributed by atoms with Crippen LogP contribution in [0.2, 0.25) is 0 Å². The van der Waals surface area contributed by atoms with Crippen molar-refractivity contribution in [2.45, 2.75) is 119 Å². The number of allylic oxidation sites excluding steroid dienone is 1. The molecular formula is C33H53BrN2O5S. The third kappa shape index (κ3) is 6.98. The second kappa shape index (κ2) is 13.8. The number of aliphatic hydroxyl groups excluding tert-OH is 1. The van der Waals surface area contributed by atoms with Gasteiger partial charge >= 0.3 is 5.97 Å². The molecule has 238 valence electrons. The van der Waals surface area contributed by atoms with E-state index in [9.17, 15) is 19.5 Å². The topological polar surface area (TPSA) is 87.1 Å². The number of ether oxygens (including phenoxy) is 1. The standard InChI is InChI=1S/C33H53BrN2O5S/c1-10-12-13-14-16-41-30(40)24-25-28(38)36(22(19-37)17-21(3)4)27(33(25)18-23(34)26(24)42-33)29(39)35(15-11-2)32(8,9)20-31(5,6)7/h10-11,21-27,37H,1-2,12-20H2,3-9H3/t22-,23?,24+,25+,26+,27?,33?/m1/s1. The van der Waals surface area contributed by atoms with Crippen molar-refractivity contribution in [1.29, 1.82) is 0 Å². The van der Waals surface area contributed by atoms with Gasteiger partial charge in [-0.15, -0.1) is 24.9 Å². The van der Waals surface area contributed by atoms with Crippen LogP contribution in [0.25, 0.3) is 0 Å². The summed E-state index contributed by atoms with van der Waals surface area (Å²) in [7, 11) is 0. The molecule has 7 nitrogen and oxygen atoms in total. The van der Waals surface area contributed by atoms with Crippen LogP contribution in [0.15, 0.2) is 25.3 Å². The number of carbonyl (C=O) groups excluding carboxylic acids is 3. The molecule has 1 spiro atoms. The number of alkyl halides is 1. The van der Waals surface area contributed by atoms with Gasteiger partial charge in [0.15, 0.2) is 0 Å². The molecule has 0 saturated carbocycles. The highest BCUT2D eigenvalue weighted by Crippen LogP contribution is 2.68. The highest BCUT2D eigenvalue weighted by atomic mass is 79.9. The summed E-state index contributed by atoms with van der Waals surface area (Å²) in [5.74, 6) is -1.81. The van der Waals surface area contributed by atoms with Crippen molar-refractivity contribution in [2.24, 2.45) is 23.2 Å². The average molecular weight is 670 g/mol. The summed E-state index contributed by atoms with van der Waals surface area (Å²) in [6.45, 7) is 22.8. The van der Waals surface area contributed by atoms with Gasteiger partial charge in [-0.05, 0) is 63.7 Å². The second-order valence-electron chi connectivity index (χ2n) is 14.6. The number of esters is 1. The first kappa shape index (κ1) is 35.2. The molecule has 9 heteroatoms. The number of rotatable bonds is 15. The maximum Gasteiger partial charge on any atom is 0.310 e. The molecule has 0 aromatic rings. The first-order valence-corrected chi connectivity index (χ1v) is 17.3. The number of likely N-dealkylation sites (tertiary alicyclic amines) is 1. The van der Waals surface area contributed by atoms with Gasteiger partial charge in [-0.2, -0.15) is 0 Å². The lowest BCUT2D eigenvalue weighted by Gasteiger charge is -2.47. The van der Waals surface area contributed by atoms with Gasteiger partial charge in [0, 0.05) is 22.2 Å². The number of halogens is 1. The highest BCUT2D eigenvalue weighted by molar-refractivity contribution is 9.09. The highest BCUT2D eigenvalue weighted by Gasteiger charge is 2.77. The summed E-state index contributed by atoms with van der Waals surface area (Å²) in [5, 5.41) is 10.4. The SMILES string of the molecule is C=CCCCCOC(=O)[C@H]1[C@H]2C(=O)N([C@@H](CO)CC(C)C)C(C(=O)N(CC=C)C(C)(C)CC(C)(C)C)C23CC(Br)[C@@H]1S3. The van der Waals surface area contributed by atoms with Crippen LogP contribution in [0.5, 0.6) is 0 Å². The molecule has 3 rings (SSSR count). The lowest BCUT2D eigenvalue weighted by molar-refractivity contribution is -0.154. The van der Waals surface area contributed by atoms with E-state index in [1.165, 1.54) is 0 Å². The normalized spacial score (nSPS) is 29.5. The van der Waals surface area contributed by atoms with Crippen molar-refractivity contribution >= 4 is 45.5 Å². The molecule has 3 heterocycles. The summed E-state index contributed by atoms with van der Waals surface area (Å²) in [4.78, 5) is 46.7. The lowest BCUT2D eigenvalue weighted by atomic mass is 9.70. The molecule has 0 aromatic carbocycles. The molecule has 1 N–H and O–H groups in total. The molecule has 2 bridgehead atoms. The van der Waals surface area contributed by atoms with E-state index in [4.69, 9.17) is 4.74 Å². The van der Waals surface area contributed by atoms with Crippen LogP contribution >= 0.6 is 27.7 Å². The zero-order valence-corrected chi connectivity index (χ0v) is 29.1. The van der Waals surface area contributed by atoms with Crippen LogP contribution in [0, 0.1) is 23.2 Å². The Labute approximate surface area is 266 Å². The van der Waals surface area contributed by atoms with Gasteiger partial charge in [-0.3, -0.25) is 14.4 Å². The average Bonchev–Trinajstić information content (AvgIpc) is 3.47. The molecule has 3 saturated heterocycles. The number of amides is 2. The van der Waals surface area contributed by atoms with Gasteiger partial charge in [0.1, 0.15) is 6.04 Å². The summed E-state index contributed by atoms with van der Waals surface area (Å²) < 4.78 is 4.98. The molecule has 0 aromatic heterocycles. The number of hydrogen-bond donors (Lipinski definition) is 1. The predicted octanol–water partition coefficient (Wildman–Crippen LogP) is 5.99. The van der Waals surface area contributed by atoms with E-state index in [2.05, 4.69) is 77.6 Å². The van der Waals surface area contributed by atoms with Gasteiger partial charge in [0.25, 0.3) is 0 Å². The van der Waals surface area contributed by atoms with Crippen LogP contribution < -0.4 is 0 Å². The third-order valence-corrected chi connectivity index (χ3v) is 12.1. The zero-order valence-electron chi connectivity index (χ0n) is 26.7. The number of fused-ring (bicyclic) bond motifs is 1. The quantitative estimate of drug-likeness (QED) is 0.0999. The van der Waals surface area contributed by atoms with Gasteiger partial charge in [0.05, 0.1) is 35.8 Å². The molecule has 2 amide bonds. The second-order valence-corrected chi connectivity index (χ2v) is 17.3. The monoisotopic (exact) mass is 668 g/mol. The molecule has 0 radical (unpaired) electrons. The van der Waals surface area contributed by atoms with E-state index < -0.39 is 34.2 Å². The summed E-state index contributed by atoms with van der Waals surface area (Å²) in [5.41, 5.74) is -0.554. The minimum atomic E-state index is -0.800. The van der Waals surface area contributed by atoms with Crippen molar-refractivity contribution in [3.8, 4) is 0 Å². The van der Waals surface area contributed by atoms with Crippen molar-refractivity contribution in [3.05, 3.63) is 25.3 Å². The van der Waals surface area contributed by atoms with Crippen LogP contribution in [0.4, 0.5) is 0 Å². The molecular weight excluding hydrogens is 616 g/mol. The van der Waals surface area contributed by atoms with Gasteiger partial charge in [-0.25, -0.2) is 0 Å². The lowest BCUT2D eigenvalue weighted by Crippen LogP contribution is -2.62. The number of carbonyl (C=O) groups is 3. The summed E-state index contributed by atoms with van der Waals surface area (Å²) >= 11 is 5.45. The Morgan fingerprint density at radius 1 is 1.21 bits per heavy atom. The van der Waals surface area contributed by atoms with Gasteiger partial charge < -0.3 is 19.6 Å². The van der Waals surface area contributed by atoms with Crippen molar-refractivity contribution < 1.29 is 24.2 Å². The van der Waals surface area contributed by atoms with Crippen LogP contribution in [0.3, 0.4) is 0 Å². The Hall–Kier alpha value is -1.32. The molecule has 3 fully saturated rings. The van der Waals surface area contributed by atoms with Crippen molar-refractivity contribution in [1.82, 2.24) is 9.80 Å². The maximum absolute atomic E-state index is 15.0. The van der Waals surface area contributed by atoms with E-state index in [0.29, 0.717) is 26.0 Å². The van der Waals surface area contributed by atoms with Crippen LogP contribution in [-0.2, 0) is 19.1 Å². The first-order valence-electron chi connectivity index (χ1n) is 15.5. The smallest absolute Gasteiger partial charge is 0.310 e. The minimum absolute atomic E-state index is 0.0340. The van der Waals surface area contributed by atoms with E-state index in [-0.39, 0.29) is 45.8 Å². The Morgan fingerprint density at radius 3 is 2.43 bits per heavy atom. The van der Waals surface area contributed by atoms with Crippen LogP contribution in [0.1, 0.15) is 87.0 Å². The predicted molar refractivity (Wildman–Crippen MR) is 174 cm³/mol. The van der Waals surface area contributed by atoms with Crippen molar-refractivity contribution in [2.75, 3.05) is 19.8 Å². The van der Waals surface area contributed by atoms with E-state index in [1.807, 2.05) is 11.0 Å². The Morgan fingerprint density at radius 2 is 1.88 bits per heavy atom. The number of aliphatic hydroxyl groups is 1. The van der Waals surface area contributed by atoms with E-state index in [0.717, 1.165) is 25.7 Å². The molecule has 7 atom stereocenters. The molecule has 3 aliphatic heterocycles. The molecule has 42 heavy (non-hydrogen) atoms. The van der Waals surface area contributed by atoms with Crippen molar-refractivity contribution in [3.63, 3.8) is 0 Å².